The van der Waals surface area contributed by atoms with Crippen molar-refractivity contribution in [1.29, 1.82) is 0 Å². The minimum Gasteiger partial charge on any atom is -0.465 e. The number of esters is 2. The highest BCUT2D eigenvalue weighted by Crippen LogP contribution is 2.53. The number of rotatable bonds is 2. The lowest BCUT2D eigenvalue weighted by molar-refractivity contribution is 0.0594. The van der Waals surface area contributed by atoms with E-state index in [-0.39, 0.29) is 33.8 Å². The molecule has 50 heavy (non-hydrogen) atoms. The molecule has 0 fully saturated rings. The number of methoxy groups -OCH3 is 2. The van der Waals surface area contributed by atoms with Crippen LogP contribution in [0.25, 0.3) is 54.9 Å². The van der Waals surface area contributed by atoms with Gasteiger partial charge in [0.1, 0.15) is 0 Å². The summed E-state index contributed by atoms with van der Waals surface area (Å²) in [6.07, 6.45) is 0. The largest absolute Gasteiger partial charge is 0.465 e. The second kappa shape index (κ2) is 11.2. The van der Waals surface area contributed by atoms with Crippen LogP contribution in [-0.4, -0.2) is 37.7 Å². The molecule has 2 aliphatic carbocycles. The predicted molar refractivity (Wildman–Crippen MR) is 196 cm³/mol. The lowest BCUT2D eigenvalue weighted by atomic mass is 9.69. The topological polar surface area (TPSA) is 86.7 Å². The lowest BCUT2D eigenvalue weighted by Gasteiger charge is -2.31. The third-order valence-electron chi connectivity index (χ3n) is 10.3. The number of Topliss-reactive ketones (excluding diaryl/α,β-unsaturated/α-hetero) is 2. The van der Waals surface area contributed by atoms with Crippen molar-refractivity contribution in [2.75, 3.05) is 14.2 Å². The summed E-state index contributed by atoms with van der Waals surface area (Å²) in [7, 11) is 2.66. The number of aryl methyl sites for hydroxylation is 4. The van der Waals surface area contributed by atoms with E-state index in [9.17, 15) is 9.59 Å². The maximum Gasteiger partial charge on any atom is 0.338 e. The number of hydrogen-bond acceptors (Lipinski definition) is 6. The van der Waals surface area contributed by atoms with Crippen LogP contribution in [0.2, 0.25) is 0 Å². The Balaban J connectivity index is 1.66. The van der Waals surface area contributed by atoms with Crippen LogP contribution in [0.4, 0.5) is 0 Å². The number of benzene rings is 6. The quantitative estimate of drug-likeness (QED) is 0.136. The summed E-state index contributed by atoms with van der Waals surface area (Å²) in [6.45, 7) is 7.87. The van der Waals surface area contributed by atoms with Gasteiger partial charge in [-0.25, -0.2) is 9.59 Å². The van der Waals surface area contributed by atoms with E-state index in [0.29, 0.717) is 33.0 Å². The molecule has 244 valence electrons. The summed E-state index contributed by atoms with van der Waals surface area (Å²) >= 11 is 0. The number of fused-ring (bicyclic) bond motifs is 10. The van der Waals surface area contributed by atoms with E-state index < -0.39 is 11.9 Å². The fraction of sp³-hybridized carbons (Fsp3) is 0.136. The molecule has 6 heteroatoms. The van der Waals surface area contributed by atoms with Crippen LogP contribution in [0.1, 0.15) is 74.8 Å². The SMILES string of the molecule is COC(=O)c1cc2c(c3c(C)cccc13)-c1c(C)cccc1C(=O)/C2=C1\C(=O)c2cccc(C)c2-c2c1cc(C(=O)OC)c1cccc(C)c21. The molecular formula is C44H32O6. The zero-order valence-electron chi connectivity index (χ0n) is 28.5. The summed E-state index contributed by atoms with van der Waals surface area (Å²) in [5.41, 5.74) is 9.45. The minimum atomic E-state index is -0.554. The first-order valence-corrected chi connectivity index (χ1v) is 16.4. The molecule has 6 aromatic carbocycles. The van der Waals surface area contributed by atoms with Crippen LogP contribution < -0.4 is 0 Å². The summed E-state index contributed by atoms with van der Waals surface area (Å²) < 4.78 is 10.5. The van der Waals surface area contributed by atoms with Gasteiger partial charge < -0.3 is 9.47 Å². The van der Waals surface area contributed by atoms with Crippen LogP contribution >= 0.6 is 0 Å². The second-order valence-electron chi connectivity index (χ2n) is 13.1. The Morgan fingerprint density at radius 1 is 0.460 bits per heavy atom. The number of carbonyl (C=O) groups is 4. The van der Waals surface area contributed by atoms with Crippen molar-refractivity contribution >= 4 is 56.2 Å². The zero-order valence-corrected chi connectivity index (χ0v) is 28.5. The molecule has 0 saturated carbocycles. The predicted octanol–water partition coefficient (Wildman–Crippen LogP) is 9.44. The Hall–Kier alpha value is -6.14. The molecule has 0 atom stereocenters. The van der Waals surface area contributed by atoms with Crippen LogP contribution in [0.3, 0.4) is 0 Å². The van der Waals surface area contributed by atoms with Crippen LogP contribution in [0, 0.1) is 27.7 Å². The molecule has 8 rings (SSSR count). The average molecular weight is 657 g/mol. The molecule has 6 nitrogen and oxygen atoms in total. The third-order valence-corrected chi connectivity index (χ3v) is 10.3. The van der Waals surface area contributed by atoms with Crippen LogP contribution in [0.15, 0.2) is 84.9 Å². The zero-order chi connectivity index (χ0) is 35.2. The summed E-state index contributed by atoms with van der Waals surface area (Å²) in [5.74, 6) is -1.78. The lowest BCUT2D eigenvalue weighted by Crippen LogP contribution is -2.22. The molecule has 0 bridgehead atoms. The van der Waals surface area contributed by atoms with E-state index in [1.54, 1.807) is 24.3 Å². The Labute approximate surface area is 289 Å². The van der Waals surface area contributed by atoms with Gasteiger partial charge in [-0.2, -0.15) is 0 Å². The molecular weight excluding hydrogens is 624 g/mol. The van der Waals surface area contributed by atoms with E-state index >= 15 is 9.59 Å². The van der Waals surface area contributed by atoms with E-state index in [2.05, 4.69) is 0 Å². The van der Waals surface area contributed by atoms with Crippen molar-refractivity contribution in [3.8, 4) is 22.3 Å². The molecule has 0 unspecified atom stereocenters. The summed E-state index contributed by atoms with van der Waals surface area (Å²) in [5, 5.41) is 2.98. The fourth-order valence-corrected chi connectivity index (χ4v) is 8.17. The summed E-state index contributed by atoms with van der Waals surface area (Å²) in [6, 6.07) is 26.1. The van der Waals surface area contributed by atoms with Gasteiger partial charge in [-0.3, -0.25) is 9.59 Å². The van der Waals surface area contributed by atoms with Gasteiger partial charge in [-0.1, -0.05) is 72.8 Å². The van der Waals surface area contributed by atoms with Crippen LogP contribution in [-0.2, 0) is 9.47 Å². The van der Waals surface area contributed by atoms with Crippen molar-refractivity contribution < 1.29 is 28.7 Å². The van der Waals surface area contributed by atoms with E-state index in [4.69, 9.17) is 9.47 Å². The fourth-order valence-electron chi connectivity index (χ4n) is 8.17. The van der Waals surface area contributed by atoms with Crippen molar-refractivity contribution in [3.05, 3.63) is 141 Å². The number of carbonyl (C=O) groups excluding carboxylic acids is 4. The molecule has 0 amide bonds. The van der Waals surface area contributed by atoms with E-state index in [0.717, 1.165) is 55.3 Å². The van der Waals surface area contributed by atoms with Crippen molar-refractivity contribution in [2.24, 2.45) is 0 Å². The van der Waals surface area contributed by atoms with Gasteiger partial charge >= 0.3 is 11.9 Å². The monoisotopic (exact) mass is 656 g/mol. The Morgan fingerprint density at radius 3 is 1.20 bits per heavy atom. The van der Waals surface area contributed by atoms with Gasteiger partial charge in [0, 0.05) is 22.3 Å². The minimum absolute atomic E-state index is 0.176. The normalized spacial score (nSPS) is 14.6. The molecule has 0 spiro atoms. The molecule has 0 aliphatic heterocycles. The second-order valence-corrected chi connectivity index (χ2v) is 13.1. The van der Waals surface area contributed by atoms with Gasteiger partial charge in [0.15, 0.2) is 11.6 Å². The highest BCUT2D eigenvalue weighted by molar-refractivity contribution is 6.52. The standard InChI is InChI=1S/C44H32O6/c1-21-11-7-15-25-29(43(47)49-5)19-31-37(33(21)25)35-23(3)13-9-17-27(35)41(45)39(31)40-32-20-30(44(48)50-6)26-16-8-12-22(2)34(26)38(32)36-24(4)14-10-18-28(36)42(40)46/h7-20H,1-6H3/b40-39-. The first-order valence-electron chi connectivity index (χ1n) is 16.4. The number of ketones is 2. The van der Waals surface area contributed by atoms with Crippen molar-refractivity contribution in [2.45, 2.75) is 27.7 Å². The molecule has 0 aromatic heterocycles. The molecule has 2 aliphatic rings. The van der Waals surface area contributed by atoms with Gasteiger partial charge in [-0.05, 0) is 117 Å². The number of ether oxygens (including phenoxy) is 2. The highest BCUT2D eigenvalue weighted by Gasteiger charge is 2.40. The Bertz CT molecular complexity index is 2440. The van der Waals surface area contributed by atoms with Crippen molar-refractivity contribution in [3.63, 3.8) is 0 Å². The first-order chi connectivity index (χ1) is 24.1. The van der Waals surface area contributed by atoms with Gasteiger partial charge in [-0.15, -0.1) is 0 Å². The molecule has 0 N–H and O–H groups in total. The molecule has 0 radical (unpaired) electrons. The smallest absolute Gasteiger partial charge is 0.338 e. The molecule has 0 heterocycles. The van der Waals surface area contributed by atoms with Gasteiger partial charge in [0.25, 0.3) is 0 Å². The Morgan fingerprint density at radius 2 is 0.820 bits per heavy atom. The van der Waals surface area contributed by atoms with Gasteiger partial charge in [0.2, 0.25) is 0 Å². The van der Waals surface area contributed by atoms with Gasteiger partial charge in [0.05, 0.1) is 25.3 Å². The average Bonchev–Trinajstić information content (AvgIpc) is 3.11. The maximum atomic E-state index is 15.1. The number of allylic oxidation sites excluding steroid dienone is 2. The molecule has 6 aromatic rings. The molecule has 0 saturated heterocycles. The van der Waals surface area contributed by atoms with Crippen LogP contribution in [0.5, 0.6) is 0 Å². The Kier molecular flexibility index (Phi) is 6.98. The third kappa shape index (κ3) is 4.14. The maximum absolute atomic E-state index is 15.1. The highest BCUT2D eigenvalue weighted by atomic mass is 16.5. The van der Waals surface area contributed by atoms with E-state index in [1.165, 1.54) is 14.2 Å². The number of hydrogen-bond donors (Lipinski definition) is 0. The first kappa shape index (κ1) is 31.1. The van der Waals surface area contributed by atoms with E-state index in [1.807, 2.05) is 88.4 Å². The van der Waals surface area contributed by atoms with Crippen molar-refractivity contribution in [1.82, 2.24) is 0 Å². The summed E-state index contributed by atoms with van der Waals surface area (Å²) in [4.78, 5) is 57.2.